The summed E-state index contributed by atoms with van der Waals surface area (Å²) in [6, 6.07) is 9.84. The van der Waals surface area contributed by atoms with Crippen molar-refractivity contribution in [3.8, 4) is 0 Å². The molecule has 0 bridgehead atoms. The Labute approximate surface area is 94.6 Å². The van der Waals surface area contributed by atoms with Crippen molar-refractivity contribution in [2.24, 2.45) is 0 Å². The first-order valence-corrected chi connectivity index (χ1v) is 5.30. The van der Waals surface area contributed by atoms with Crippen molar-refractivity contribution in [2.45, 2.75) is 25.7 Å². The molecular weight excluding hydrogens is 206 g/mol. The first kappa shape index (κ1) is 11.1. The van der Waals surface area contributed by atoms with Crippen LogP contribution in [-0.2, 0) is 20.7 Å². The summed E-state index contributed by atoms with van der Waals surface area (Å²) in [5, 5.41) is 2.84. The molecule has 1 aliphatic rings. The first-order chi connectivity index (χ1) is 7.75. The second-order valence-corrected chi connectivity index (χ2v) is 3.82. The van der Waals surface area contributed by atoms with Crippen molar-refractivity contribution in [1.82, 2.24) is 5.32 Å². The van der Waals surface area contributed by atoms with Crippen molar-refractivity contribution in [1.29, 1.82) is 0 Å². The van der Waals surface area contributed by atoms with E-state index in [0.29, 0.717) is 13.2 Å². The summed E-state index contributed by atoms with van der Waals surface area (Å²) in [6.45, 7) is 1.81. The second-order valence-electron chi connectivity index (χ2n) is 3.82. The van der Waals surface area contributed by atoms with Gasteiger partial charge in [0.15, 0.2) is 13.1 Å². The van der Waals surface area contributed by atoms with E-state index in [2.05, 4.69) is 5.32 Å². The maximum Gasteiger partial charge on any atom is 0.217 e. The molecule has 1 aromatic rings. The Morgan fingerprint density at radius 1 is 1.44 bits per heavy atom. The number of hydrogen-bond donors (Lipinski definition) is 1. The third-order valence-electron chi connectivity index (χ3n) is 2.48. The fourth-order valence-electron chi connectivity index (χ4n) is 1.72. The quantitative estimate of drug-likeness (QED) is 0.827. The van der Waals surface area contributed by atoms with E-state index >= 15 is 0 Å². The summed E-state index contributed by atoms with van der Waals surface area (Å²) in [5.74, 6) is -0.0694. The van der Waals surface area contributed by atoms with Gasteiger partial charge in [-0.25, -0.2) is 0 Å². The fraction of sp³-hybridized carbons (Fsp3) is 0.417. The van der Waals surface area contributed by atoms with E-state index in [-0.39, 0.29) is 18.2 Å². The van der Waals surface area contributed by atoms with Crippen LogP contribution in [0.15, 0.2) is 30.3 Å². The standard InChI is InChI=1S/C12H15NO3/c1-9(14)13-11(12-15-8-16-12)7-10-5-3-2-4-6-10/h2-6,11-12H,7-8H2,1H3,(H,13,14). The molecule has 1 atom stereocenters. The number of rotatable bonds is 4. The van der Waals surface area contributed by atoms with E-state index in [1.807, 2.05) is 30.3 Å². The van der Waals surface area contributed by atoms with Gasteiger partial charge in [0.05, 0.1) is 6.04 Å². The molecule has 16 heavy (non-hydrogen) atoms. The molecular formula is C12H15NO3. The van der Waals surface area contributed by atoms with Gasteiger partial charge in [0.25, 0.3) is 0 Å². The molecule has 4 nitrogen and oxygen atoms in total. The second kappa shape index (κ2) is 5.09. The van der Waals surface area contributed by atoms with Crippen LogP contribution in [0.25, 0.3) is 0 Å². The number of carbonyl (C=O) groups excluding carboxylic acids is 1. The Kier molecular flexibility index (Phi) is 3.54. The van der Waals surface area contributed by atoms with Crippen LogP contribution in [0.4, 0.5) is 0 Å². The third kappa shape index (κ3) is 2.81. The van der Waals surface area contributed by atoms with Crippen LogP contribution in [0.3, 0.4) is 0 Å². The van der Waals surface area contributed by atoms with Crippen LogP contribution in [0.5, 0.6) is 0 Å². The summed E-state index contributed by atoms with van der Waals surface area (Å²) in [5.41, 5.74) is 1.15. The van der Waals surface area contributed by atoms with Crippen LogP contribution in [0.2, 0.25) is 0 Å². The lowest BCUT2D eigenvalue weighted by molar-refractivity contribution is -0.329. The normalized spacial score (nSPS) is 17.6. The molecule has 1 aliphatic heterocycles. The zero-order valence-electron chi connectivity index (χ0n) is 9.18. The van der Waals surface area contributed by atoms with Gasteiger partial charge in [-0.2, -0.15) is 0 Å². The Morgan fingerprint density at radius 3 is 2.62 bits per heavy atom. The molecule has 1 fully saturated rings. The van der Waals surface area contributed by atoms with Gasteiger partial charge in [0, 0.05) is 6.92 Å². The largest absolute Gasteiger partial charge is 0.348 e. The van der Waals surface area contributed by atoms with Gasteiger partial charge in [-0.1, -0.05) is 30.3 Å². The predicted molar refractivity (Wildman–Crippen MR) is 58.6 cm³/mol. The number of nitrogens with one attached hydrogen (secondary N) is 1. The molecule has 1 N–H and O–H groups in total. The van der Waals surface area contributed by atoms with Crippen LogP contribution in [0.1, 0.15) is 12.5 Å². The van der Waals surface area contributed by atoms with E-state index in [4.69, 9.17) is 9.47 Å². The van der Waals surface area contributed by atoms with E-state index < -0.39 is 0 Å². The Morgan fingerprint density at radius 2 is 2.12 bits per heavy atom. The minimum Gasteiger partial charge on any atom is -0.348 e. The third-order valence-corrected chi connectivity index (χ3v) is 2.48. The fourth-order valence-corrected chi connectivity index (χ4v) is 1.72. The number of ether oxygens (including phenoxy) is 2. The van der Waals surface area contributed by atoms with Crippen molar-refractivity contribution < 1.29 is 14.3 Å². The van der Waals surface area contributed by atoms with E-state index in [1.165, 1.54) is 6.92 Å². The highest BCUT2D eigenvalue weighted by molar-refractivity contribution is 5.73. The Balaban J connectivity index is 1.98. The van der Waals surface area contributed by atoms with E-state index in [9.17, 15) is 4.79 Å². The van der Waals surface area contributed by atoms with Crippen LogP contribution < -0.4 is 5.32 Å². The lowest BCUT2D eigenvalue weighted by Gasteiger charge is -2.34. The van der Waals surface area contributed by atoms with Crippen LogP contribution in [-0.4, -0.2) is 25.0 Å². The summed E-state index contributed by atoms with van der Waals surface area (Å²) in [4.78, 5) is 11.1. The smallest absolute Gasteiger partial charge is 0.217 e. The monoisotopic (exact) mass is 221 g/mol. The molecule has 1 saturated heterocycles. The highest BCUT2D eigenvalue weighted by Crippen LogP contribution is 2.15. The van der Waals surface area contributed by atoms with Gasteiger partial charge in [0.1, 0.15) is 0 Å². The zero-order chi connectivity index (χ0) is 11.4. The number of amides is 1. The summed E-state index contributed by atoms with van der Waals surface area (Å²) >= 11 is 0. The molecule has 0 aliphatic carbocycles. The van der Waals surface area contributed by atoms with Gasteiger partial charge in [0.2, 0.25) is 5.91 Å². The predicted octanol–water partition coefficient (Wildman–Crippen LogP) is 1.06. The SMILES string of the molecule is CC(=O)NC(Cc1ccccc1)C1OCO1. The number of carbonyl (C=O) groups is 1. The number of hydrogen-bond acceptors (Lipinski definition) is 3. The van der Waals surface area contributed by atoms with Crippen molar-refractivity contribution in [3.63, 3.8) is 0 Å². The van der Waals surface area contributed by atoms with Crippen molar-refractivity contribution >= 4 is 5.91 Å². The first-order valence-electron chi connectivity index (χ1n) is 5.30. The van der Waals surface area contributed by atoms with Crippen LogP contribution >= 0.6 is 0 Å². The molecule has 1 unspecified atom stereocenters. The minimum atomic E-state index is -0.316. The molecule has 86 valence electrons. The van der Waals surface area contributed by atoms with Crippen molar-refractivity contribution in [2.75, 3.05) is 6.79 Å². The molecule has 0 radical (unpaired) electrons. The summed E-state index contributed by atoms with van der Waals surface area (Å²) in [6.07, 6.45) is 0.398. The molecule has 1 amide bonds. The highest BCUT2D eigenvalue weighted by atomic mass is 16.8. The molecule has 0 aromatic heterocycles. The maximum atomic E-state index is 11.1. The summed E-state index contributed by atoms with van der Waals surface area (Å²) < 4.78 is 10.5. The molecule has 4 heteroatoms. The van der Waals surface area contributed by atoms with Crippen molar-refractivity contribution in [3.05, 3.63) is 35.9 Å². The minimum absolute atomic E-state index is 0.0694. The van der Waals surface area contributed by atoms with Gasteiger partial charge in [-0.3, -0.25) is 4.79 Å². The zero-order valence-corrected chi connectivity index (χ0v) is 9.18. The lowest BCUT2D eigenvalue weighted by atomic mass is 10.1. The Hall–Kier alpha value is -1.39. The molecule has 0 saturated carbocycles. The molecule has 2 rings (SSSR count). The maximum absolute atomic E-state index is 11.1. The Bertz CT molecular complexity index is 349. The topological polar surface area (TPSA) is 47.6 Å². The summed E-state index contributed by atoms with van der Waals surface area (Å²) in [7, 11) is 0. The van der Waals surface area contributed by atoms with Gasteiger partial charge >= 0.3 is 0 Å². The average molecular weight is 221 g/mol. The van der Waals surface area contributed by atoms with Crippen LogP contribution in [0, 0.1) is 0 Å². The molecule has 1 aromatic carbocycles. The lowest BCUT2D eigenvalue weighted by Crippen LogP contribution is -2.51. The average Bonchev–Trinajstić information content (AvgIpc) is 2.15. The van der Waals surface area contributed by atoms with E-state index in [0.717, 1.165) is 5.56 Å². The van der Waals surface area contributed by atoms with E-state index in [1.54, 1.807) is 0 Å². The molecule has 1 heterocycles. The van der Waals surface area contributed by atoms with Gasteiger partial charge in [-0.05, 0) is 12.0 Å². The molecule has 0 spiro atoms. The van der Waals surface area contributed by atoms with Gasteiger partial charge < -0.3 is 14.8 Å². The van der Waals surface area contributed by atoms with Gasteiger partial charge in [-0.15, -0.1) is 0 Å². The number of benzene rings is 1. The highest BCUT2D eigenvalue weighted by Gasteiger charge is 2.29.